The van der Waals surface area contributed by atoms with Crippen LogP contribution in [0.4, 0.5) is 5.69 Å². The molecule has 162 valence electrons. The number of carbonyl (C=O) groups is 2. The minimum absolute atomic E-state index is 0.000192. The number of hydrogen-bond donors (Lipinski definition) is 2. The Morgan fingerprint density at radius 3 is 2.52 bits per heavy atom. The van der Waals surface area contributed by atoms with Crippen LogP contribution in [-0.4, -0.2) is 21.6 Å². The Labute approximate surface area is 183 Å². The summed E-state index contributed by atoms with van der Waals surface area (Å²) in [6.07, 6.45) is 3.10. The van der Waals surface area contributed by atoms with E-state index < -0.39 is 0 Å². The molecule has 1 heterocycles. The summed E-state index contributed by atoms with van der Waals surface area (Å²) in [5.41, 5.74) is 5.21. The van der Waals surface area contributed by atoms with Gasteiger partial charge >= 0.3 is 0 Å². The molecule has 0 radical (unpaired) electrons. The minimum atomic E-state index is -0.163. The van der Waals surface area contributed by atoms with E-state index in [0.29, 0.717) is 18.5 Å². The fourth-order valence-electron chi connectivity index (χ4n) is 3.30. The van der Waals surface area contributed by atoms with Gasteiger partial charge in [0, 0.05) is 18.2 Å². The number of aryl methyl sites for hydroxylation is 1. The predicted octanol–water partition coefficient (Wildman–Crippen LogP) is 4.66. The van der Waals surface area contributed by atoms with Gasteiger partial charge in [-0.2, -0.15) is 5.10 Å². The van der Waals surface area contributed by atoms with Crippen molar-refractivity contribution in [2.75, 3.05) is 5.32 Å². The highest BCUT2D eigenvalue weighted by Gasteiger charge is 2.17. The van der Waals surface area contributed by atoms with Gasteiger partial charge in [-0.15, -0.1) is 0 Å². The summed E-state index contributed by atoms with van der Waals surface area (Å²) < 4.78 is 1.82. The monoisotopic (exact) mass is 418 g/mol. The van der Waals surface area contributed by atoms with Crippen LogP contribution in [0.15, 0.2) is 54.7 Å². The summed E-state index contributed by atoms with van der Waals surface area (Å²) in [6.45, 7) is 8.31. The molecule has 2 N–H and O–H groups in total. The third kappa shape index (κ3) is 5.40. The fraction of sp³-hybridized carbons (Fsp3) is 0.320. The zero-order valence-corrected chi connectivity index (χ0v) is 18.6. The van der Waals surface area contributed by atoms with Crippen LogP contribution >= 0.6 is 0 Å². The Bertz CT molecular complexity index is 1050. The molecule has 0 saturated carbocycles. The Hall–Kier alpha value is -3.41. The summed E-state index contributed by atoms with van der Waals surface area (Å²) in [5, 5.41) is 10.3. The average molecular weight is 419 g/mol. The first-order chi connectivity index (χ1) is 14.9. The standard InChI is InChI=1S/C25H30N4O2/c1-5-18(4)24(30)28-20-9-7-8-19(14-20)15-26-25(31)22-16-27-29(23(22)6-2)21-12-10-17(3)11-13-21/h7-14,16,18H,5-6,15H2,1-4H3,(H,26,31)(H,28,30). The van der Waals surface area contributed by atoms with Gasteiger partial charge in [0.1, 0.15) is 0 Å². The number of aromatic nitrogens is 2. The first-order valence-corrected chi connectivity index (χ1v) is 10.7. The van der Waals surface area contributed by atoms with Gasteiger partial charge in [-0.05, 0) is 49.6 Å². The number of amides is 2. The molecule has 3 aromatic rings. The quantitative estimate of drug-likeness (QED) is 0.559. The molecular formula is C25H30N4O2. The highest BCUT2D eigenvalue weighted by Crippen LogP contribution is 2.17. The van der Waals surface area contributed by atoms with E-state index in [9.17, 15) is 9.59 Å². The molecule has 1 aromatic heterocycles. The SMILES string of the molecule is CCc1c(C(=O)NCc2cccc(NC(=O)C(C)CC)c2)cnn1-c1ccc(C)cc1. The molecule has 0 aliphatic rings. The second-order valence-electron chi connectivity index (χ2n) is 7.79. The van der Waals surface area contributed by atoms with E-state index in [4.69, 9.17) is 0 Å². The van der Waals surface area contributed by atoms with Crippen molar-refractivity contribution in [2.45, 2.75) is 47.1 Å². The van der Waals surface area contributed by atoms with Crippen molar-refractivity contribution in [3.63, 3.8) is 0 Å². The lowest BCUT2D eigenvalue weighted by atomic mass is 10.1. The van der Waals surface area contributed by atoms with E-state index in [1.54, 1.807) is 6.20 Å². The van der Waals surface area contributed by atoms with Crippen molar-refractivity contribution in [1.29, 1.82) is 0 Å². The number of benzene rings is 2. The van der Waals surface area contributed by atoms with Crippen molar-refractivity contribution >= 4 is 17.5 Å². The summed E-state index contributed by atoms with van der Waals surface area (Å²) in [7, 11) is 0. The van der Waals surface area contributed by atoms with E-state index in [1.165, 1.54) is 5.56 Å². The number of carbonyl (C=O) groups excluding carboxylic acids is 2. The molecule has 0 bridgehead atoms. The highest BCUT2D eigenvalue weighted by molar-refractivity contribution is 5.95. The average Bonchev–Trinajstić information content (AvgIpc) is 3.21. The van der Waals surface area contributed by atoms with Crippen LogP contribution in [0.25, 0.3) is 5.69 Å². The second-order valence-corrected chi connectivity index (χ2v) is 7.79. The highest BCUT2D eigenvalue weighted by atomic mass is 16.2. The number of rotatable bonds is 8. The summed E-state index contributed by atoms with van der Waals surface area (Å²) in [5.74, 6) is -0.204. The Morgan fingerprint density at radius 1 is 1.10 bits per heavy atom. The van der Waals surface area contributed by atoms with E-state index in [0.717, 1.165) is 29.1 Å². The van der Waals surface area contributed by atoms with Crippen LogP contribution in [0.3, 0.4) is 0 Å². The Balaban J connectivity index is 1.69. The van der Waals surface area contributed by atoms with Gasteiger partial charge in [0.25, 0.3) is 5.91 Å². The van der Waals surface area contributed by atoms with Crippen LogP contribution in [0.5, 0.6) is 0 Å². The molecule has 0 fully saturated rings. The lowest BCUT2D eigenvalue weighted by Crippen LogP contribution is -2.24. The summed E-state index contributed by atoms with van der Waals surface area (Å²) >= 11 is 0. The third-order valence-corrected chi connectivity index (χ3v) is 5.43. The largest absolute Gasteiger partial charge is 0.348 e. The molecule has 31 heavy (non-hydrogen) atoms. The maximum atomic E-state index is 12.9. The smallest absolute Gasteiger partial charge is 0.255 e. The minimum Gasteiger partial charge on any atom is -0.348 e. The molecule has 2 aromatic carbocycles. The van der Waals surface area contributed by atoms with E-state index in [2.05, 4.69) is 15.7 Å². The van der Waals surface area contributed by atoms with Crippen molar-refractivity contribution in [2.24, 2.45) is 5.92 Å². The van der Waals surface area contributed by atoms with Gasteiger partial charge in [-0.3, -0.25) is 9.59 Å². The number of hydrogen-bond acceptors (Lipinski definition) is 3. The first-order valence-electron chi connectivity index (χ1n) is 10.7. The number of anilines is 1. The molecule has 3 rings (SSSR count). The molecule has 6 heteroatoms. The zero-order chi connectivity index (χ0) is 22.4. The van der Waals surface area contributed by atoms with Gasteiger partial charge in [0.2, 0.25) is 5.91 Å². The van der Waals surface area contributed by atoms with Gasteiger partial charge in [0.15, 0.2) is 0 Å². The second kappa shape index (κ2) is 10.1. The van der Waals surface area contributed by atoms with Crippen molar-refractivity contribution in [3.05, 3.63) is 77.1 Å². The van der Waals surface area contributed by atoms with E-state index in [1.807, 2.05) is 80.9 Å². The maximum Gasteiger partial charge on any atom is 0.255 e. The molecule has 6 nitrogen and oxygen atoms in total. The van der Waals surface area contributed by atoms with E-state index in [-0.39, 0.29) is 17.7 Å². The Kier molecular flexibility index (Phi) is 7.23. The van der Waals surface area contributed by atoms with Gasteiger partial charge in [0.05, 0.1) is 23.1 Å². The lowest BCUT2D eigenvalue weighted by molar-refractivity contribution is -0.119. The Morgan fingerprint density at radius 2 is 1.84 bits per heavy atom. The molecule has 1 atom stereocenters. The summed E-state index contributed by atoms with van der Waals surface area (Å²) in [6, 6.07) is 15.6. The third-order valence-electron chi connectivity index (χ3n) is 5.43. The van der Waals surface area contributed by atoms with Crippen LogP contribution < -0.4 is 10.6 Å². The van der Waals surface area contributed by atoms with Crippen molar-refractivity contribution in [1.82, 2.24) is 15.1 Å². The first kappa shape index (κ1) is 22.3. The molecule has 2 amide bonds. The zero-order valence-electron chi connectivity index (χ0n) is 18.6. The normalized spacial score (nSPS) is 11.7. The van der Waals surface area contributed by atoms with Crippen molar-refractivity contribution in [3.8, 4) is 5.69 Å². The van der Waals surface area contributed by atoms with Crippen LogP contribution in [-0.2, 0) is 17.8 Å². The molecule has 0 aliphatic heterocycles. The lowest BCUT2D eigenvalue weighted by Gasteiger charge is -2.12. The van der Waals surface area contributed by atoms with Crippen molar-refractivity contribution < 1.29 is 9.59 Å². The fourth-order valence-corrected chi connectivity index (χ4v) is 3.30. The van der Waals surface area contributed by atoms with Gasteiger partial charge in [-0.25, -0.2) is 4.68 Å². The molecule has 0 aliphatic carbocycles. The van der Waals surface area contributed by atoms with Gasteiger partial charge in [-0.1, -0.05) is 50.6 Å². The number of nitrogens with zero attached hydrogens (tertiary/aromatic N) is 2. The number of nitrogens with one attached hydrogen (secondary N) is 2. The predicted molar refractivity (Wildman–Crippen MR) is 123 cm³/mol. The van der Waals surface area contributed by atoms with Crippen LogP contribution in [0, 0.1) is 12.8 Å². The maximum absolute atomic E-state index is 12.9. The molecule has 0 spiro atoms. The summed E-state index contributed by atoms with van der Waals surface area (Å²) in [4.78, 5) is 25.0. The van der Waals surface area contributed by atoms with Crippen LogP contribution in [0.1, 0.15) is 54.4 Å². The molecule has 1 unspecified atom stereocenters. The topological polar surface area (TPSA) is 76.0 Å². The molecule has 0 saturated heterocycles. The molecular weight excluding hydrogens is 388 g/mol. The van der Waals surface area contributed by atoms with Crippen LogP contribution in [0.2, 0.25) is 0 Å². The van der Waals surface area contributed by atoms with Gasteiger partial charge < -0.3 is 10.6 Å². The van der Waals surface area contributed by atoms with E-state index >= 15 is 0 Å².